The fourth-order valence-corrected chi connectivity index (χ4v) is 2.19. The summed E-state index contributed by atoms with van der Waals surface area (Å²) in [6, 6.07) is 0. The van der Waals surface area contributed by atoms with Crippen LogP contribution in [0.1, 0.15) is 45.4 Å². The highest BCUT2D eigenvalue weighted by molar-refractivity contribution is 5.98. The van der Waals surface area contributed by atoms with E-state index < -0.39 is 0 Å². The second kappa shape index (κ2) is 5.24. The summed E-state index contributed by atoms with van der Waals surface area (Å²) in [6.45, 7) is 2.19. The molecule has 2 nitrogen and oxygen atoms in total. The maximum atomic E-state index is 4.78. The average molecular weight is 216 g/mol. The van der Waals surface area contributed by atoms with Crippen molar-refractivity contribution in [3.63, 3.8) is 0 Å². The van der Waals surface area contributed by atoms with Crippen LogP contribution in [0.25, 0.3) is 0 Å². The van der Waals surface area contributed by atoms with Crippen LogP contribution in [0, 0.1) is 0 Å². The minimum atomic E-state index is 1.10. The minimum absolute atomic E-state index is 1.10. The topological polar surface area (TPSA) is 24.7 Å². The molecule has 0 N–H and O–H groups in total. The third-order valence-corrected chi connectivity index (χ3v) is 3.36. The predicted octanol–water partition coefficient (Wildman–Crippen LogP) is 3.70. The highest BCUT2D eigenvalue weighted by atomic mass is 14.8. The van der Waals surface area contributed by atoms with Crippen molar-refractivity contribution in [3.05, 3.63) is 23.4 Å². The van der Waals surface area contributed by atoms with Gasteiger partial charge in [-0.2, -0.15) is 0 Å². The number of nitrogens with zero attached hydrogens (tertiary/aromatic N) is 2. The van der Waals surface area contributed by atoms with Crippen molar-refractivity contribution < 1.29 is 0 Å². The fourth-order valence-electron chi connectivity index (χ4n) is 2.19. The Balaban J connectivity index is 1.99. The zero-order valence-electron chi connectivity index (χ0n) is 10.3. The lowest BCUT2D eigenvalue weighted by Crippen LogP contribution is -2.14. The summed E-state index contributed by atoms with van der Waals surface area (Å²) in [5.41, 5.74) is 5.45. The zero-order chi connectivity index (χ0) is 11.4. The van der Waals surface area contributed by atoms with Crippen molar-refractivity contribution in [1.82, 2.24) is 0 Å². The molecular weight excluding hydrogens is 196 g/mol. The van der Waals surface area contributed by atoms with Crippen LogP contribution in [0.3, 0.4) is 0 Å². The van der Waals surface area contributed by atoms with Crippen LogP contribution < -0.4 is 0 Å². The van der Waals surface area contributed by atoms with E-state index in [9.17, 15) is 0 Å². The van der Waals surface area contributed by atoms with E-state index in [4.69, 9.17) is 4.99 Å². The summed E-state index contributed by atoms with van der Waals surface area (Å²) in [5, 5.41) is 0. The average Bonchev–Trinajstić information content (AvgIpc) is 2.33. The zero-order valence-corrected chi connectivity index (χ0v) is 10.3. The van der Waals surface area contributed by atoms with Crippen LogP contribution in [0.2, 0.25) is 0 Å². The van der Waals surface area contributed by atoms with E-state index in [0.717, 1.165) is 32.1 Å². The first kappa shape index (κ1) is 11.3. The summed E-state index contributed by atoms with van der Waals surface area (Å²) < 4.78 is 0. The van der Waals surface area contributed by atoms with Gasteiger partial charge < -0.3 is 0 Å². The Hall–Kier alpha value is -1.18. The molecule has 0 radical (unpaired) electrons. The van der Waals surface area contributed by atoms with Crippen LogP contribution in [-0.4, -0.2) is 18.5 Å². The Morgan fingerprint density at radius 2 is 1.56 bits per heavy atom. The van der Waals surface area contributed by atoms with Crippen molar-refractivity contribution >= 4 is 11.4 Å². The quantitative estimate of drug-likeness (QED) is 0.638. The van der Waals surface area contributed by atoms with Crippen molar-refractivity contribution in [1.29, 1.82) is 0 Å². The molecule has 0 heterocycles. The van der Waals surface area contributed by atoms with Gasteiger partial charge in [-0.05, 0) is 51.5 Å². The molecule has 0 aromatic carbocycles. The van der Waals surface area contributed by atoms with Crippen LogP contribution in [0.5, 0.6) is 0 Å². The van der Waals surface area contributed by atoms with Gasteiger partial charge in [-0.3, -0.25) is 9.98 Å². The molecule has 1 fully saturated rings. The maximum Gasteiger partial charge on any atom is 0.0406 e. The van der Waals surface area contributed by atoms with E-state index in [1.807, 2.05) is 7.05 Å². The van der Waals surface area contributed by atoms with Crippen molar-refractivity contribution in [3.8, 4) is 0 Å². The van der Waals surface area contributed by atoms with E-state index in [1.54, 1.807) is 0 Å². The molecular formula is C14H20N2. The molecule has 0 atom stereocenters. The van der Waals surface area contributed by atoms with Gasteiger partial charge in [0.2, 0.25) is 0 Å². The molecule has 0 aliphatic heterocycles. The SMILES string of the molecule is CN=C1CCC(=NC2=CC=C(C)CC2)CC1. The molecule has 0 aromatic rings. The van der Waals surface area contributed by atoms with Gasteiger partial charge in [0, 0.05) is 24.2 Å². The molecule has 2 aliphatic carbocycles. The molecule has 2 rings (SSSR count). The highest BCUT2D eigenvalue weighted by Crippen LogP contribution is 2.21. The molecule has 0 aromatic heterocycles. The maximum absolute atomic E-state index is 4.78. The van der Waals surface area contributed by atoms with Crippen LogP contribution in [-0.2, 0) is 0 Å². The molecule has 0 unspecified atom stereocenters. The molecule has 0 spiro atoms. The van der Waals surface area contributed by atoms with Crippen LogP contribution in [0.15, 0.2) is 33.4 Å². The second-order valence-corrected chi connectivity index (χ2v) is 4.64. The Kier molecular flexibility index (Phi) is 3.70. The fraction of sp³-hybridized carbons (Fsp3) is 0.571. The smallest absolute Gasteiger partial charge is 0.0406 e. The molecule has 1 saturated carbocycles. The lowest BCUT2D eigenvalue weighted by atomic mass is 9.96. The van der Waals surface area contributed by atoms with Gasteiger partial charge in [-0.1, -0.05) is 11.6 Å². The Morgan fingerprint density at radius 3 is 2.12 bits per heavy atom. The Labute approximate surface area is 97.9 Å². The first-order valence-corrected chi connectivity index (χ1v) is 6.15. The largest absolute Gasteiger partial charge is 0.297 e. The third-order valence-electron chi connectivity index (χ3n) is 3.36. The van der Waals surface area contributed by atoms with Gasteiger partial charge in [0.15, 0.2) is 0 Å². The second-order valence-electron chi connectivity index (χ2n) is 4.64. The molecule has 0 bridgehead atoms. The first-order valence-electron chi connectivity index (χ1n) is 6.15. The first-order chi connectivity index (χ1) is 7.78. The molecule has 16 heavy (non-hydrogen) atoms. The third kappa shape index (κ3) is 2.91. The molecule has 2 heteroatoms. The van der Waals surface area contributed by atoms with E-state index in [2.05, 4.69) is 24.1 Å². The summed E-state index contributed by atoms with van der Waals surface area (Å²) in [5.74, 6) is 0. The van der Waals surface area contributed by atoms with Crippen molar-refractivity contribution in [2.45, 2.75) is 45.4 Å². The lowest BCUT2D eigenvalue weighted by molar-refractivity contribution is 0.875. The normalized spacial score (nSPS) is 21.4. The highest BCUT2D eigenvalue weighted by Gasteiger charge is 2.12. The van der Waals surface area contributed by atoms with Gasteiger partial charge in [-0.15, -0.1) is 0 Å². The number of allylic oxidation sites excluding steroid dienone is 4. The van der Waals surface area contributed by atoms with Gasteiger partial charge in [0.1, 0.15) is 0 Å². The van der Waals surface area contributed by atoms with Gasteiger partial charge in [0.25, 0.3) is 0 Å². The van der Waals surface area contributed by atoms with E-state index in [1.165, 1.54) is 29.1 Å². The van der Waals surface area contributed by atoms with Crippen LogP contribution >= 0.6 is 0 Å². The molecule has 2 aliphatic rings. The molecule has 0 saturated heterocycles. The number of aliphatic imine (C=N–C) groups is 2. The standard InChI is InChI=1S/C14H20N2/c1-11-3-5-13(6-4-11)16-14-9-7-12(15-2)8-10-14/h3,5H,4,6-10H2,1-2H3. The lowest BCUT2D eigenvalue weighted by Gasteiger charge is -2.16. The van der Waals surface area contributed by atoms with Crippen molar-refractivity contribution in [2.24, 2.45) is 9.98 Å². The van der Waals surface area contributed by atoms with Gasteiger partial charge >= 0.3 is 0 Å². The van der Waals surface area contributed by atoms with E-state index >= 15 is 0 Å². The Bertz CT molecular complexity index is 372. The molecule has 86 valence electrons. The molecule has 0 amide bonds. The van der Waals surface area contributed by atoms with Crippen LogP contribution in [0.4, 0.5) is 0 Å². The number of rotatable bonds is 1. The van der Waals surface area contributed by atoms with Gasteiger partial charge in [-0.25, -0.2) is 0 Å². The van der Waals surface area contributed by atoms with E-state index in [-0.39, 0.29) is 0 Å². The predicted molar refractivity (Wildman–Crippen MR) is 70.3 cm³/mol. The van der Waals surface area contributed by atoms with E-state index in [0.29, 0.717) is 0 Å². The summed E-state index contributed by atoms with van der Waals surface area (Å²) >= 11 is 0. The van der Waals surface area contributed by atoms with Crippen molar-refractivity contribution in [2.75, 3.05) is 7.05 Å². The summed E-state index contributed by atoms with van der Waals surface area (Å²) in [7, 11) is 1.90. The summed E-state index contributed by atoms with van der Waals surface area (Å²) in [4.78, 5) is 9.05. The summed E-state index contributed by atoms with van der Waals surface area (Å²) in [6.07, 6.45) is 11.1. The number of hydrogen-bond acceptors (Lipinski definition) is 2. The Morgan fingerprint density at radius 1 is 0.875 bits per heavy atom. The van der Waals surface area contributed by atoms with Gasteiger partial charge in [0.05, 0.1) is 0 Å². The monoisotopic (exact) mass is 216 g/mol. The number of hydrogen-bond donors (Lipinski definition) is 0. The minimum Gasteiger partial charge on any atom is -0.297 e.